The highest BCUT2D eigenvalue weighted by molar-refractivity contribution is 7.90. The molecule has 3 aromatic rings. The molecule has 1 unspecified atom stereocenters. The van der Waals surface area contributed by atoms with Gasteiger partial charge in [-0.05, 0) is 48.7 Å². The maximum atomic E-state index is 13.0. The fraction of sp³-hybridized carbons (Fsp3) is 0.250. The Morgan fingerprint density at radius 3 is 2.22 bits per heavy atom. The molecule has 0 aliphatic rings. The summed E-state index contributed by atoms with van der Waals surface area (Å²) in [7, 11) is -4.33. The molecule has 0 saturated heterocycles. The second kappa shape index (κ2) is 14.2. The normalized spacial score (nSPS) is 13.6. The Labute approximate surface area is 253 Å². The van der Waals surface area contributed by atoms with Gasteiger partial charge in [0.1, 0.15) is 12.1 Å². The van der Waals surface area contributed by atoms with Gasteiger partial charge in [-0.25, -0.2) is 13.1 Å². The molecule has 13 heteroatoms. The number of nitrogens with one attached hydrogen (secondary N) is 2. The predicted molar refractivity (Wildman–Crippen MR) is 161 cm³/mol. The number of amides is 3. The third-order valence-electron chi connectivity index (χ3n) is 6.18. The molecule has 5 N–H and O–H groups in total. The fourth-order valence-electron chi connectivity index (χ4n) is 4.04. The molecule has 0 heterocycles. The van der Waals surface area contributed by atoms with Crippen LogP contribution < -0.4 is 15.8 Å². The van der Waals surface area contributed by atoms with Crippen LogP contribution in [0.4, 0.5) is 0 Å². The third kappa shape index (κ3) is 8.70. The van der Waals surface area contributed by atoms with Crippen LogP contribution in [-0.4, -0.2) is 49.1 Å². The molecule has 0 fully saturated rings. The van der Waals surface area contributed by atoms with E-state index < -0.39 is 45.8 Å². The molecule has 3 rings (SSSR count). The Bertz CT molecular complexity index is 1550. The molecule has 0 aliphatic heterocycles. The summed E-state index contributed by atoms with van der Waals surface area (Å²) in [5.41, 5.74) is 7.56. The van der Waals surface area contributed by atoms with E-state index in [0.717, 1.165) is 12.5 Å². The van der Waals surface area contributed by atoms with Crippen LogP contribution in [0.2, 0.25) is 10.0 Å². The first-order valence-electron chi connectivity index (χ1n) is 12.4. The second-order valence-electron chi connectivity index (χ2n) is 9.34. The largest absolute Gasteiger partial charge is 0.384 e. The molecule has 3 aromatic carbocycles. The molecular weight excluding hydrogens is 609 g/mol. The Morgan fingerprint density at radius 1 is 0.927 bits per heavy atom. The van der Waals surface area contributed by atoms with E-state index in [0.29, 0.717) is 22.6 Å². The highest BCUT2D eigenvalue weighted by Gasteiger charge is 2.26. The smallest absolute Gasteiger partial charge is 0.264 e. The summed E-state index contributed by atoms with van der Waals surface area (Å²) >= 11 is 16.9. The van der Waals surface area contributed by atoms with Crippen molar-refractivity contribution in [2.75, 3.05) is 5.75 Å². The summed E-state index contributed by atoms with van der Waals surface area (Å²) in [4.78, 5) is 36.9. The van der Waals surface area contributed by atoms with E-state index in [1.54, 1.807) is 42.5 Å². The van der Waals surface area contributed by atoms with Gasteiger partial charge in [-0.15, -0.1) is 0 Å². The van der Waals surface area contributed by atoms with Crippen LogP contribution in [0.25, 0.3) is 11.1 Å². The molecule has 0 aromatic heterocycles. The average Bonchev–Trinajstić information content (AvgIpc) is 2.91. The summed E-state index contributed by atoms with van der Waals surface area (Å²) in [5, 5.41) is 12.8. The van der Waals surface area contributed by atoms with Gasteiger partial charge in [0.25, 0.3) is 15.9 Å². The molecule has 218 valence electrons. The summed E-state index contributed by atoms with van der Waals surface area (Å²) < 4.78 is 27.6. The first-order chi connectivity index (χ1) is 19.3. The van der Waals surface area contributed by atoms with E-state index in [1.807, 2.05) is 10.8 Å². The lowest BCUT2D eigenvalue weighted by molar-refractivity contribution is -0.129. The number of halogens is 2. The number of aliphatic hydroxyl groups is 1. The maximum absolute atomic E-state index is 13.0. The van der Waals surface area contributed by atoms with Gasteiger partial charge in [0.05, 0.1) is 10.8 Å². The minimum absolute atomic E-state index is 0.0297. The number of hydrogen-bond acceptors (Lipinski definition) is 7. The number of sulfonamides is 1. The number of benzene rings is 3. The van der Waals surface area contributed by atoms with E-state index in [4.69, 9.17) is 28.9 Å². The zero-order valence-corrected chi connectivity index (χ0v) is 25.1. The van der Waals surface area contributed by atoms with Gasteiger partial charge in [-0.1, -0.05) is 65.7 Å². The second-order valence-corrected chi connectivity index (χ2v) is 12.2. The van der Waals surface area contributed by atoms with Gasteiger partial charge in [0.15, 0.2) is 0 Å². The lowest BCUT2D eigenvalue weighted by Gasteiger charge is -2.21. The van der Waals surface area contributed by atoms with Crippen LogP contribution in [0.5, 0.6) is 0 Å². The third-order valence-corrected chi connectivity index (χ3v) is 8.57. The molecule has 0 aliphatic carbocycles. The van der Waals surface area contributed by atoms with E-state index in [2.05, 4.69) is 17.9 Å². The van der Waals surface area contributed by atoms with Gasteiger partial charge in [0, 0.05) is 33.3 Å². The lowest BCUT2D eigenvalue weighted by Crippen LogP contribution is -2.48. The number of nitrogens with two attached hydrogens (primary N) is 1. The first kappa shape index (κ1) is 32.4. The van der Waals surface area contributed by atoms with Gasteiger partial charge in [-0.2, -0.15) is 12.6 Å². The van der Waals surface area contributed by atoms with Gasteiger partial charge < -0.3 is 16.2 Å². The summed E-state index contributed by atoms with van der Waals surface area (Å²) in [5.74, 6) is -2.54. The maximum Gasteiger partial charge on any atom is 0.264 e. The van der Waals surface area contributed by atoms with Crippen molar-refractivity contribution in [2.45, 2.75) is 36.8 Å². The summed E-state index contributed by atoms with van der Waals surface area (Å²) in [6.07, 6.45) is -1.14. The van der Waals surface area contributed by atoms with Crippen molar-refractivity contribution in [2.24, 2.45) is 11.7 Å². The zero-order chi connectivity index (χ0) is 30.3. The number of hydrogen-bond donors (Lipinski definition) is 5. The summed E-state index contributed by atoms with van der Waals surface area (Å²) in [6.45, 7) is 1.14. The molecule has 9 nitrogen and oxygen atoms in total. The Balaban J connectivity index is 1.81. The minimum atomic E-state index is -4.33. The number of rotatable bonds is 12. The summed E-state index contributed by atoms with van der Waals surface area (Å²) in [6, 6.07) is 16.7. The molecule has 41 heavy (non-hydrogen) atoms. The molecule has 3 atom stereocenters. The molecule has 0 bridgehead atoms. The zero-order valence-electron chi connectivity index (χ0n) is 21.9. The van der Waals surface area contributed by atoms with Crippen molar-refractivity contribution in [3.05, 3.63) is 87.9 Å². The number of primary amides is 1. The Hall–Kier alpha value is -3.09. The molecule has 0 radical (unpaired) electrons. The minimum Gasteiger partial charge on any atom is -0.384 e. The first-order valence-corrected chi connectivity index (χ1v) is 15.3. The number of aliphatic hydroxyl groups excluding tert-OH is 1. The van der Waals surface area contributed by atoms with Crippen molar-refractivity contribution < 1.29 is 27.9 Å². The molecule has 0 saturated carbocycles. The predicted octanol–water partition coefficient (Wildman–Crippen LogP) is 3.15. The average molecular weight is 639 g/mol. The highest BCUT2D eigenvalue weighted by atomic mass is 35.5. The van der Waals surface area contributed by atoms with E-state index in [-0.39, 0.29) is 27.7 Å². The van der Waals surface area contributed by atoms with E-state index in [1.165, 1.54) is 18.2 Å². The number of carbonyl (C=O) groups excluding carboxylic acids is 3. The Kier molecular flexibility index (Phi) is 11.2. The fourth-order valence-corrected chi connectivity index (χ4v) is 6.12. The van der Waals surface area contributed by atoms with Crippen molar-refractivity contribution in [3.63, 3.8) is 0 Å². The molecule has 0 spiro atoms. The van der Waals surface area contributed by atoms with Crippen LogP contribution in [-0.2, 0) is 37.2 Å². The van der Waals surface area contributed by atoms with Crippen molar-refractivity contribution in [1.82, 2.24) is 10.0 Å². The van der Waals surface area contributed by atoms with Crippen LogP contribution in [0.1, 0.15) is 18.1 Å². The standard InChI is InChI=1S/C28H29Cl2N3O6S2/c1-16(34)27(36)33-41(38,39)25-8-3-2-7-22(25)21-10-9-18(13-23(21)30)14-24(26(31)35)32-28(37)19(15-40)11-17-5-4-6-20(29)12-17/h2-10,12-13,16,19,24,34,40H,11,14-15H2,1H3,(H2,31,35)(H,32,37)(H,33,36)/t16-,19+,24?/m0/s1. The SMILES string of the molecule is C[C@H](O)C(=O)NS(=O)(=O)c1ccccc1-c1ccc(CC(NC(=O)[C@@H](CS)Cc2cccc(Cl)c2)C(N)=O)cc1Cl. The van der Waals surface area contributed by atoms with Gasteiger partial charge in [-0.3, -0.25) is 14.4 Å². The quantitative estimate of drug-likeness (QED) is 0.192. The Morgan fingerprint density at radius 2 is 1.61 bits per heavy atom. The van der Waals surface area contributed by atoms with Crippen LogP contribution in [0, 0.1) is 5.92 Å². The number of carbonyl (C=O) groups is 3. The van der Waals surface area contributed by atoms with E-state index >= 15 is 0 Å². The van der Waals surface area contributed by atoms with Crippen LogP contribution >= 0.6 is 35.8 Å². The van der Waals surface area contributed by atoms with E-state index in [9.17, 15) is 27.9 Å². The highest BCUT2D eigenvalue weighted by Crippen LogP contribution is 2.33. The van der Waals surface area contributed by atoms with Crippen molar-refractivity contribution in [1.29, 1.82) is 0 Å². The van der Waals surface area contributed by atoms with Crippen LogP contribution in [0.15, 0.2) is 71.6 Å². The molecule has 3 amide bonds. The monoisotopic (exact) mass is 637 g/mol. The number of thiol groups is 1. The van der Waals surface area contributed by atoms with Gasteiger partial charge in [0.2, 0.25) is 11.8 Å². The van der Waals surface area contributed by atoms with Crippen LogP contribution in [0.3, 0.4) is 0 Å². The van der Waals surface area contributed by atoms with Crippen molar-refractivity contribution >= 4 is 63.6 Å². The molecular formula is C28H29Cl2N3O6S2. The lowest BCUT2D eigenvalue weighted by atomic mass is 9.98. The van der Waals surface area contributed by atoms with Crippen molar-refractivity contribution in [3.8, 4) is 11.1 Å². The topological polar surface area (TPSA) is 156 Å². The van der Waals surface area contributed by atoms with Gasteiger partial charge >= 0.3 is 0 Å².